The van der Waals surface area contributed by atoms with Gasteiger partial charge in [-0.15, -0.1) is 0 Å². The lowest BCUT2D eigenvalue weighted by molar-refractivity contribution is 1.13. The molecule has 2 atom stereocenters. The van der Waals surface area contributed by atoms with Crippen LogP contribution < -0.4 is 5.30 Å². The third-order valence-electron chi connectivity index (χ3n) is 1.66. The van der Waals surface area contributed by atoms with E-state index < -0.39 is 0 Å². The van der Waals surface area contributed by atoms with Crippen molar-refractivity contribution in [3.63, 3.8) is 0 Å². The molecule has 0 N–H and O–H groups in total. The van der Waals surface area contributed by atoms with Crippen molar-refractivity contribution in [2.75, 3.05) is 6.66 Å². The summed E-state index contributed by atoms with van der Waals surface area (Å²) in [6.07, 6.45) is 0. The van der Waals surface area contributed by atoms with Crippen molar-refractivity contribution >= 4 is 29.8 Å². The molecule has 1 aromatic rings. The first-order chi connectivity index (χ1) is 5.24. The van der Waals surface area contributed by atoms with Crippen molar-refractivity contribution in [1.29, 1.82) is 0 Å². The Morgan fingerprint density at radius 1 is 1.27 bits per heavy atom. The Labute approximate surface area is 78.3 Å². The van der Waals surface area contributed by atoms with Crippen LogP contribution in [0.3, 0.4) is 0 Å². The van der Waals surface area contributed by atoms with E-state index in [0.717, 1.165) is 8.58 Å². The highest BCUT2D eigenvalue weighted by atomic mass is 79.9. The normalized spacial score (nSPS) is 14.1. The number of rotatable bonds is 2. The molecule has 0 radical (unpaired) electrons. The molecule has 11 heavy (non-hydrogen) atoms. The molecule has 0 fully saturated rings. The molecule has 0 amide bonds. The maximum atomic E-state index is 3.53. The zero-order valence-corrected chi connectivity index (χ0v) is 9.35. The van der Waals surface area contributed by atoms with E-state index in [1.165, 1.54) is 10.9 Å². The number of hydrogen-bond acceptors (Lipinski definition) is 0. The highest BCUT2D eigenvalue weighted by Gasteiger charge is 1.98. The number of hydrogen-bond donors (Lipinski definition) is 0. The average molecular weight is 231 g/mol. The third kappa shape index (κ3) is 2.57. The zero-order valence-electron chi connectivity index (χ0n) is 6.76. The van der Waals surface area contributed by atoms with Crippen molar-refractivity contribution < 1.29 is 0 Å². The maximum Gasteiger partial charge on any atom is 0.0367 e. The summed E-state index contributed by atoms with van der Waals surface area (Å²) < 4.78 is 0. The Balaban J connectivity index is 2.83. The summed E-state index contributed by atoms with van der Waals surface area (Å²) in [5.41, 5.74) is 1.35. The number of halogens is 1. The molecule has 0 heterocycles. The molecule has 0 aromatic heterocycles. The zero-order chi connectivity index (χ0) is 8.27. The van der Waals surface area contributed by atoms with Gasteiger partial charge in [0.2, 0.25) is 0 Å². The van der Waals surface area contributed by atoms with Crippen LogP contribution in [-0.4, -0.2) is 6.66 Å². The van der Waals surface area contributed by atoms with Gasteiger partial charge in [0.1, 0.15) is 0 Å². The molecule has 0 bridgehead atoms. The van der Waals surface area contributed by atoms with Gasteiger partial charge >= 0.3 is 0 Å². The summed E-state index contributed by atoms with van der Waals surface area (Å²) >= 11 is 3.53. The van der Waals surface area contributed by atoms with E-state index in [-0.39, 0.29) is 0 Å². The van der Waals surface area contributed by atoms with E-state index >= 15 is 0 Å². The summed E-state index contributed by atoms with van der Waals surface area (Å²) in [6, 6.07) is 8.77. The summed E-state index contributed by atoms with van der Waals surface area (Å²) in [5.74, 6) is 0. The molecule has 60 valence electrons. The molecule has 1 rings (SSSR count). The topological polar surface area (TPSA) is 0 Å². The second kappa shape index (κ2) is 4.23. The lowest BCUT2D eigenvalue weighted by Gasteiger charge is -2.03. The van der Waals surface area contributed by atoms with E-state index in [9.17, 15) is 0 Å². The maximum absolute atomic E-state index is 3.53. The van der Waals surface area contributed by atoms with Crippen molar-refractivity contribution in [2.24, 2.45) is 0 Å². The first-order valence-corrected chi connectivity index (χ1v) is 6.07. The first kappa shape index (κ1) is 9.22. The van der Waals surface area contributed by atoms with Crippen LogP contribution in [0.4, 0.5) is 0 Å². The Hall–Kier alpha value is 0.130. The largest absolute Gasteiger partial charge is 0.0936 e. The summed E-state index contributed by atoms with van der Waals surface area (Å²) in [6.45, 7) is 4.34. The van der Waals surface area contributed by atoms with Crippen LogP contribution in [0.25, 0.3) is 0 Å². The van der Waals surface area contributed by atoms with Crippen molar-refractivity contribution in [3.05, 3.63) is 29.8 Å². The molecular formula is C9H12BrP. The Bertz CT molecular complexity index is 216. The standard InChI is InChI=1S/C9H12BrP/c1-7(10)8-3-5-9(11-2)6-4-8/h3-7,11H,1-2H3. The Kier molecular flexibility index (Phi) is 3.54. The number of alkyl halides is 1. The van der Waals surface area contributed by atoms with Crippen LogP contribution in [0, 0.1) is 0 Å². The second-order valence-corrected chi connectivity index (χ2v) is 4.94. The van der Waals surface area contributed by atoms with E-state index in [4.69, 9.17) is 0 Å². The lowest BCUT2D eigenvalue weighted by Crippen LogP contribution is -1.93. The molecule has 1 aromatic carbocycles. The van der Waals surface area contributed by atoms with E-state index in [1.807, 2.05) is 0 Å². The highest BCUT2D eigenvalue weighted by Crippen LogP contribution is 2.20. The minimum absolute atomic E-state index is 0.469. The minimum atomic E-state index is 0.469. The molecular weight excluding hydrogens is 219 g/mol. The van der Waals surface area contributed by atoms with Gasteiger partial charge in [-0.1, -0.05) is 48.8 Å². The summed E-state index contributed by atoms with van der Waals surface area (Å²) in [7, 11) is 0.905. The van der Waals surface area contributed by atoms with Gasteiger partial charge in [0.25, 0.3) is 0 Å². The summed E-state index contributed by atoms with van der Waals surface area (Å²) in [4.78, 5) is 0.469. The quantitative estimate of drug-likeness (QED) is 0.542. The van der Waals surface area contributed by atoms with Gasteiger partial charge in [0.15, 0.2) is 0 Å². The van der Waals surface area contributed by atoms with Crippen molar-refractivity contribution in [1.82, 2.24) is 0 Å². The van der Waals surface area contributed by atoms with Crippen molar-refractivity contribution in [3.8, 4) is 0 Å². The molecule has 2 unspecified atom stereocenters. The van der Waals surface area contributed by atoms with Crippen LogP contribution >= 0.6 is 24.5 Å². The molecule has 0 saturated carbocycles. The number of benzene rings is 1. The average Bonchev–Trinajstić information content (AvgIpc) is 2.05. The Morgan fingerprint density at radius 2 is 1.82 bits per heavy atom. The fourth-order valence-electron chi connectivity index (χ4n) is 0.915. The van der Waals surface area contributed by atoms with Crippen LogP contribution in [0.1, 0.15) is 17.3 Å². The van der Waals surface area contributed by atoms with Gasteiger partial charge < -0.3 is 0 Å². The molecule has 0 nitrogen and oxygen atoms in total. The molecule has 0 aliphatic rings. The lowest BCUT2D eigenvalue weighted by atomic mass is 10.2. The molecule has 2 heteroatoms. The fourth-order valence-corrected chi connectivity index (χ4v) is 1.72. The van der Waals surface area contributed by atoms with Gasteiger partial charge in [-0.25, -0.2) is 0 Å². The second-order valence-electron chi connectivity index (χ2n) is 2.49. The molecule has 0 spiro atoms. The van der Waals surface area contributed by atoms with Gasteiger partial charge in [0, 0.05) is 4.83 Å². The highest BCUT2D eigenvalue weighted by molar-refractivity contribution is 9.09. The fraction of sp³-hybridized carbons (Fsp3) is 0.333. The first-order valence-electron chi connectivity index (χ1n) is 3.66. The van der Waals surface area contributed by atoms with E-state index in [1.54, 1.807) is 0 Å². The van der Waals surface area contributed by atoms with Gasteiger partial charge in [-0.2, -0.15) is 0 Å². The van der Waals surface area contributed by atoms with Gasteiger partial charge in [0.05, 0.1) is 0 Å². The Morgan fingerprint density at radius 3 is 2.18 bits per heavy atom. The monoisotopic (exact) mass is 230 g/mol. The predicted octanol–water partition coefficient (Wildman–Crippen LogP) is 3.08. The molecule has 0 saturated heterocycles. The summed E-state index contributed by atoms with van der Waals surface area (Å²) in [5, 5.41) is 1.43. The van der Waals surface area contributed by atoms with Crippen LogP contribution in [0.15, 0.2) is 24.3 Å². The molecule has 0 aliphatic carbocycles. The van der Waals surface area contributed by atoms with Crippen LogP contribution in [0.2, 0.25) is 0 Å². The van der Waals surface area contributed by atoms with Crippen LogP contribution in [0.5, 0.6) is 0 Å². The third-order valence-corrected chi connectivity index (χ3v) is 3.10. The van der Waals surface area contributed by atoms with Crippen molar-refractivity contribution in [2.45, 2.75) is 11.8 Å². The molecule has 0 aliphatic heterocycles. The SMILES string of the molecule is CPc1ccc(C(C)Br)cc1. The van der Waals surface area contributed by atoms with E-state index in [2.05, 4.69) is 53.8 Å². The van der Waals surface area contributed by atoms with Gasteiger partial charge in [-0.3, -0.25) is 0 Å². The van der Waals surface area contributed by atoms with Crippen LogP contribution in [-0.2, 0) is 0 Å². The minimum Gasteiger partial charge on any atom is -0.0936 e. The predicted molar refractivity (Wildman–Crippen MR) is 57.7 cm³/mol. The smallest absolute Gasteiger partial charge is 0.0367 e. The van der Waals surface area contributed by atoms with E-state index in [0.29, 0.717) is 4.83 Å². The van der Waals surface area contributed by atoms with Gasteiger partial charge in [-0.05, 0) is 24.5 Å².